The van der Waals surface area contributed by atoms with Gasteiger partial charge in [0, 0.05) is 11.6 Å². The summed E-state index contributed by atoms with van der Waals surface area (Å²) in [6.45, 7) is 12.1. The summed E-state index contributed by atoms with van der Waals surface area (Å²) < 4.78 is 5.27. The second-order valence-corrected chi connectivity index (χ2v) is 10.7. The monoisotopic (exact) mass is 461 g/mol. The largest absolute Gasteiger partial charge is 0.444 e. The number of aliphatic hydroxyl groups excluding tert-OH is 1. The Balaban J connectivity index is 2.45. The summed E-state index contributed by atoms with van der Waals surface area (Å²) in [6, 6.07) is 5.18. The maximum absolute atomic E-state index is 13.7. The van der Waals surface area contributed by atoms with Crippen LogP contribution in [0.15, 0.2) is 24.3 Å². The number of amides is 3. The number of nitrogens with one attached hydrogen (secondary N) is 2. The molecular weight excluding hydrogens is 422 g/mol. The third-order valence-electron chi connectivity index (χ3n) is 5.40. The first-order valence-electron chi connectivity index (χ1n) is 11.5. The van der Waals surface area contributed by atoms with Crippen molar-refractivity contribution in [1.29, 1.82) is 0 Å². The summed E-state index contributed by atoms with van der Waals surface area (Å²) in [7, 11) is 0. The Morgan fingerprint density at radius 1 is 1.12 bits per heavy atom. The van der Waals surface area contributed by atoms with Crippen molar-refractivity contribution in [2.45, 2.75) is 97.0 Å². The highest BCUT2D eigenvalue weighted by Gasteiger charge is 2.42. The van der Waals surface area contributed by atoms with Crippen molar-refractivity contribution in [2.75, 3.05) is 6.61 Å². The predicted octanol–water partition coefficient (Wildman–Crippen LogP) is 3.22. The van der Waals surface area contributed by atoms with Gasteiger partial charge in [-0.2, -0.15) is 0 Å². The van der Waals surface area contributed by atoms with E-state index in [9.17, 15) is 19.5 Å². The second-order valence-electron chi connectivity index (χ2n) is 10.7. The van der Waals surface area contributed by atoms with Gasteiger partial charge in [0.15, 0.2) is 0 Å². The molecule has 1 fully saturated rings. The molecule has 2 atom stereocenters. The molecule has 0 radical (unpaired) electrons. The number of alkyl carbamates (subject to hydrolysis) is 1. The Kier molecular flexibility index (Phi) is 8.52. The van der Waals surface area contributed by atoms with Gasteiger partial charge in [0.2, 0.25) is 11.8 Å². The first-order valence-corrected chi connectivity index (χ1v) is 11.5. The lowest BCUT2D eigenvalue weighted by Gasteiger charge is -2.44. The average molecular weight is 462 g/mol. The highest BCUT2D eigenvalue weighted by molar-refractivity contribution is 5.93. The number of hydrogen-bond donors (Lipinski definition) is 3. The van der Waals surface area contributed by atoms with E-state index in [4.69, 9.17) is 4.74 Å². The fraction of sp³-hybridized carbons (Fsp3) is 0.640. The molecule has 0 aromatic heterocycles. The van der Waals surface area contributed by atoms with Crippen molar-refractivity contribution >= 4 is 17.9 Å². The highest BCUT2D eigenvalue weighted by Crippen LogP contribution is 2.35. The molecule has 1 aliphatic carbocycles. The van der Waals surface area contributed by atoms with Gasteiger partial charge in [0.25, 0.3) is 0 Å². The molecule has 1 aromatic carbocycles. The third-order valence-corrected chi connectivity index (χ3v) is 5.40. The normalized spacial score (nSPS) is 16.2. The molecule has 1 saturated carbocycles. The van der Waals surface area contributed by atoms with Crippen molar-refractivity contribution in [3.05, 3.63) is 35.4 Å². The molecule has 0 saturated heterocycles. The van der Waals surface area contributed by atoms with E-state index < -0.39 is 41.8 Å². The van der Waals surface area contributed by atoms with Crippen molar-refractivity contribution in [3.8, 4) is 0 Å². The summed E-state index contributed by atoms with van der Waals surface area (Å²) in [5, 5.41) is 15.5. The Bertz CT molecular complexity index is 852. The average Bonchev–Trinajstić information content (AvgIpc) is 2.62. The number of carbonyl (C=O) groups is 3. The lowest BCUT2D eigenvalue weighted by molar-refractivity contribution is -0.148. The molecular formula is C25H39N3O5. The molecule has 8 nitrogen and oxygen atoms in total. The number of benzene rings is 1. The lowest BCUT2D eigenvalue weighted by Crippen LogP contribution is -2.59. The fourth-order valence-corrected chi connectivity index (χ4v) is 3.75. The number of hydrogen-bond acceptors (Lipinski definition) is 5. The van der Waals surface area contributed by atoms with E-state index in [1.807, 2.05) is 52.0 Å². The topological polar surface area (TPSA) is 108 Å². The van der Waals surface area contributed by atoms with E-state index in [-0.39, 0.29) is 11.9 Å². The van der Waals surface area contributed by atoms with Gasteiger partial charge >= 0.3 is 6.09 Å². The molecule has 8 heteroatoms. The van der Waals surface area contributed by atoms with E-state index >= 15 is 0 Å². The van der Waals surface area contributed by atoms with Gasteiger partial charge < -0.3 is 25.4 Å². The zero-order chi connectivity index (χ0) is 25.0. The van der Waals surface area contributed by atoms with Crippen LogP contribution < -0.4 is 10.6 Å². The molecule has 33 heavy (non-hydrogen) atoms. The van der Waals surface area contributed by atoms with E-state index in [2.05, 4.69) is 10.6 Å². The van der Waals surface area contributed by atoms with Crippen molar-refractivity contribution < 1.29 is 24.2 Å². The van der Waals surface area contributed by atoms with Crippen LogP contribution in [-0.4, -0.2) is 57.7 Å². The van der Waals surface area contributed by atoms with Gasteiger partial charge in [-0.1, -0.05) is 24.3 Å². The van der Waals surface area contributed by atoms with Crippen LogP contribution in [0.1, 0.15) is 78.0 Å². The number of aliphatic hydroxyl groups is 1. The Morgan fingerprint density at radius 2 is 1.73 bits per heavy atom. The number of carbonyl (C=O) groups excluding carboxylic acids is 3. The van der Waals surface area contributed by atoms with Crippen LogP contribution >= 0.6 is 0 Å². The predicted molar refractivity (Wildman–Crippen MR) is 127 cm³/mol. The smallest absolute Gasteiger partial charge is 0.408 e. The quantitative estimate of drug-likeness (QED) is 0.578. The summed E-state index contributed by atoms with van der Waals surface area (Å²) in [4.78, 5) is 41.1. The molecule has 1 aromatic rings. The third kappa shape index (κ3) is 7.45. The molecule has 1 aliphatic rings. The maximum atomic E-state index is 13.7. The van der Waals surface area contributed by atoms with Crippen LogP contribution in [0, 0.1) is 6.92 Å². The van der Waals surface area contributed by atoms with E-state index in [0.29, 0.717) is 5.56 Å². The van der Waals surface area contributed by atoms with E-state index in [1.165, 1.54) is 0 Å². The number of ether oxygens (including phenoxy) is 1. The second kappa shape index (κ2) is 10.5. The standard InChI is InChI=1S/C25H39N3O5/c1-16-11-8-9-14-18(16)20(21(30)27-24(2,3)4)28(17-12-10-13-17)22(31)19(15-29)26-23(32)33-25(5,6)7/h8-9,11,14,17,19-20,29H,10,12-13,15H2,1-7H3,(H,26,32)(H,27,30). The summed E-state index contributed by atoms with van der Waals surface area (Å²) in [6.07, 6.45) is 1.65. The van der Waals surface area contributed by atoms with Crippen LogP contribution in [-0.2, 0) is 14.3 Å². The van der Waals surface area contributed by atoms with Crippen molar-refractivity contribution in [1.82, 2.24) is 15.5 Å². The Morgan fingerprint density at radius 3 is 2.18 bits per heavy atom. The minimum absolute atomic E-state index is 0.165. The van der Waals surface area contributed by atoms with E-state index in [0.717, 1.165) is 24.8 Å². The number of rotatable bonds is 7. The van der Waals surface area contributed by atoms with Crippen LogP contribution in [0.3, 0.4) is 0 Å². The van der Waals surface area contributed by atoms with Gasteiger partial charge in [-0.15, -0.1) is 0 Å². The zero-order valence-electron chi connectivity index (χ0n) is 20.9. The van der Waals surface area contributed by atoms with Crippen LogP contribution in [0.2, 0.25) is 0 Å². The molecule has 0 spiro atoms. The molecule has 0 bridgehead atoms. The van der Waals surface area contributed by atoms with Crippen LogP contribution in [0.4, 0.5) is 4.79 Å². The first kappa shape index (κ1) is 26.6. The summed E-state index contributed by atoms with van der Waals surface area (Å²) >= 11 is 0. The highest BCUT2D eigenvalue weighted by atomic mass is 16.6. The number of aryl methyl sites for hydroxylation is 1. The maximum Gasteiger partial charge on any atom is 0.408 e. The van der Waals surface area contributed by atoms with Gasteiger partial charge in [-0.25, -0.2) is 4.79 Å². The minimum atomic E-state index is -1.23. The summed E-state index contributed by atoms with van der Waals surface area (Å²) in [5.41, 5.74) is 0.340. The van der Waals surface area contributed by atoms with Gasteiger partial charge in [-0.3, -0.25) is 9.59 Å². The van der Waals surface area contributed by atoms with Crippen molar-refractivity contribution in [2.24, 2.45) is 0 Å². The molecule has 0 aliphatic heterocycles. The van der Waals surface area contributed by atoms with E-state index in [1.54, 1.807) is 25.7 Å². The molecule has 3 N–H and O–H groups in total. The van der Waals surface area contributed by atoms with Crippen LogP contribution in [0.25, 0.3) is 0 Å². The van der Waals surface area contributed by atoms with Gasteiger partial charge in [0.05, 0.1) is 6.61 Å². The van der Waals surface area contributed by atoms with Crippen LogP contribution in [0.5, 0.6) is 0 Å². The number of nitrogens with zero attached hydrogens (tertiary/aromatic N) is 1. The molecule has 3 amide bonds. The Labute approximate surface area is 197 Å². The first-order chi connectivity index (χ1) is 15.2. The van der Waals surface area contributed by atoms with Gasteiger partial charge in [0.1, 0.15) is 17.7 Å². The van der Waals surface area contributed by atoms with Gasteiger partial charge in [-0.05, 0) is 78.9 Å². The molecule has 184 valence electrons. The molecule has 0 heterocycles. The molecule has 2 unspecified atom stereocenters. The Hall–Kier alpha value is -2.61. The lowest BCUT2D eigenvalue weighted by atomic mass is 9.87. The molecule has 2 rings (SSSR count). The fourth-order valence-electron chi connectivity index (χ4n) is 3.75. The zero-order valence-corrected chi connectivity index (χ0v) is 20.9. The SMILES string of the molecule is Cc1ccccc1C(C(=O)NC(C)(C)C)N(C(=O)C(CO)NC(=O)OC(C)(C)C)C1CCC1. The summed E-state index contributed by atoms with van der Waals surface area (Å²) in [5.74, 6) is -0.809. The minimum Gasteiger partial charge on any atom is -0.444 e. The van der Waals surface area contributed by atoms with Crippen molar-refractivity contribution in [3.63, 3.8) is 0 Å².